The molecule has 0 aliphatic carbocycles. The molecule has 3 aromatic carbocycles. The maximum absolute atomic E-state index is 13.6. The third-order valence-electron chi connectivity index (χ3n) is 7.00. The van der Waals surface area contributed by atoms with E-state index in [1.807, 2.05) is 66.4 Å². The van der Waals surface area contributed by atoms with Crippen molar-refractivity contribution in [2.24, 2.45) is 0 Å². The van der Waals surface area contributed by atoms with Crippen molar-refractivity contribution in [1.82, 2.24) is 5.32 Å². The molecular formula is C31H34N2O5. The topological polar surface area (TPSA) is 95.9 Å². The summed E-state index contributed by atoms with van der Waals surface area (Å²) in [4.78, 5) is 38.1. The Morgan fingerprint density at radius 3 is 2.63 bits per heavy atom. The van der Waals surface area contributed by atoms with Crippen molar-refractivity contribution >= 4 is 23.5 Å². The Kier molecular flexibility index (Phi) is 8.79. The molecule has 2 amide bonds. The number of ether oxygens (including phenoxy) is 1. The molecule has 1 heterocycles. The zero-order valence-corrected chi connectivity index (χ0v) is 21.9. The van der Waals surface area contributed by atoms with Gasteiger partial charge in [0.1, 0.15) is 12.2 Å². The number of hydrogen-bond acceptors (Lipinski definition) is 4. The summed E-state index contributed by atoms with van der Waals surface area (Å²) >= 11 is 0. The molecule has 0 saturated carbocycles. The van der Waals surface area contributed by atoms with Crippen molar-refractivity contribution in [3.63, 3.8) is 0 Å². The van der Waals surface area contributed by atoms with Crippen LogP contribution in [0, 0.1) is 13.8 Å². The standard InChI is InChI=1S/C31H34N2O5/c1-21-8-5-13-28(22(21)2)38-17-7-14-30(35)33-26-12-4-3-10-24(26)15-16-27(33)25-11-6-9-23(18-25)20-32-29(34)19-31(36)37/h3-6,8-13,18,27H,7,14-17,19-20H2,1-2H3,(H,32,34)(H,36,37). The van der Waals surface area contributed by atoms with Gasteiger partial charge in [0.05, 0.1) is 12.6 Å². The average Bonchev–Trinajstić information content (AvgIpc) is 2.91. The molecule has 0 aromatic heterocycles. The van der Waals surface area contributed by atoms with Gasteiger partial charge in [-0.1, -0.05) is 54.6 Å². The van der Waals surface area contributed by atoms with E-state index in [1.165, 1.54) is 5.56 Å². The van der Waals surface area contributed by atoms with Gasteiger partial charge in [0, 0.05) is 18.7 Å². The monoisotopic (exact) mass is 514 g/mol. The molecule has 4 rings (SSSR count). The fourth-order valence-corrected chi connectivity index (χ4v) is 4.89. The van der Waals surface area contributed by atoms with E-state index in [2.05, 4.69) is 24.4 Å². The number of benzene rings is 3. The Morgan fingerprint density at radius 2 is 1.82 bits per heavy atom. The van der Waals surface area contributed by atoms with Crippen LogP contribution in [0.2, 0.25) is 0 Å². The second kappa shape index (κ2) is 12.4. The predicted molar refractivity (Wildman–Crippen MR) is 146 cm³/mol. The molecular weight excluding hydrogens is 480 g/mol. The number of nitrogens with one attached hydrogen (secondary N) is 1. The van der Waals surface area contributed by atoms with Crippen LogP contribution in [-0.2, 0) is 27.3 Å². The number of rotatable bonds is 10. The fraction of sp³-hybridized carbons (Fsp3) is 0.323. The van der Waals surface area contributed by atoms with Gasteiger partial charge >= 0.3 is 5.97 Å². The molecule has 198 valence electrons. The van der Waals surface area contributed by atoms with E-state index in [-0.39, 0.29) is 18.5 Å². The van der Waals surface area contributed by atoms with Crippen LogP contribution in [0.15, 0.2) is 66.7 Å². The second-order valence-electron chi connectivity index (χ2n) is 9.69. The summed E-state index contributed by atoms with van der Waals surface area (Å²) in [5.74, 6) is -0.794. The number of carbonyl (C=O) groups is 3. The van der Waals surface area contributed by atoms with Gasteiger partial charge in [0.15, 0.2) is 0 Å². The first-order valence-corrected chi connectivity index (χ1v) is 13.0. The van der Waals surface area contributed by atoms with E-state index in [9.17, 15) is 14.4 Å². The molecule has 0 saturated heterocycles. The van der Waals surface area contributed by atoms with Gasteiger partial charge in [-0.3, -0.25) is 14.4 Å². The first kappa shape index (κ1) is 26.9. The van der Waals surface area contributed by atoms with Crippen LogP contribution in [-0.4, -0.2) is 29.5 Å². The van der Waals surface area contributed by atoms with Crippen molar-refractivity contribution in [2.75, 3.05) is 11.5 Å². The van der Waals surface area contributed by atoms with E-state index in [1.54, 1.807) is 0 Å². The fourth-order valence-electron chi connectivity index (χ4n) is 4.89. The number of aryl methyl sites for hydroxylation is 2. The predicted octanol–water partition coefficient (Wildman–Crippen LogP) is 5.27. The van der Waals surface area contributed by atoms with Crippen LogP contribution in [0.25, 0.3) is 0 Å². The Labute approximate surface area is 223 Å². The first-order chi connectivity index (χ1) is 18.3. The summed E-state index contributed by atoms with van der Waals surface area (Å²) < 4.78 is 5.98. The molecule has 0 spiro atoms. The zero-order chi connectivity index (χ0) is 27.1. The highest BCUT2D eigenvalue weighted by Crippen LogP contribution is 2.39. The molecule has 0 bridgehead atoms. The number of carboxylic acids is 1. The van der Waals surface area contributed by atoms with Crippen molar-refractivity contribution < 1.29 is 24.2 Å². The lowest BCUT2D eigenvalue weighted by Crippen LogP contribution is -2.38. The van der Waals surface area contributed by atoms with Crippen LogP contribution in [0.3, 0.4) is 0 Å². The van der Waals surface area contributed by atoms with Crippen LogP contribution in [0.5, 0.6) is 5.75 Å². The molecule has 2 N–H and O–H groups in total. The summed E-state index contributed by atoms with van der Waals surface area (Å²) in [7, 11) is 0. The summed E-state index contributed by atoms with van der Waals surface area (Å²) in [5.41, 5.74) is 6.22. The molecule has 0 fully saturated rings. The van der Waals surface area contributed by atoms with Crippen LogP contribution < -0.4 is 15.0 Å². The normalized spacial score (nSPS) is 14.5. The Morgan fingerprint density at radius 1 is 1.03 bits per heavy atom. The second-order valence-corrected chi connectivity index (χ2v) is 9.69. The van der Waals surface area contributed by atoms with E-state index in [0.29, 0.717) is 19.4 Å². The summed E-state index contributed by atoms with van der Waals surface area (Å²) in [6.07, 6.45) is 2.05. The first-order valence-electron chi connectivity index (χ1n) is 13.0. The van der Waals surface area contributed by atoms with Crippen LogP contribution in [0.4, 0.5) is 5.69 Å². The number of hydrogen-bond donors (Lipinski definition) is 2. The van der Waals surface area contributed by atoms with Gasteiger partial charge in [0.2, 0.25) is 11.8 Å². The largest absolute Gasteiger partial charge is 0.493 e. The van der Waals surface area contributed by atoms with Gasteiger partial charge in [-0.15, -0.1) is 0 Å². The lowest BCUT2D eigenvalue weighted by molar-refractivity contribution is -0.140. The molecule has 7 heteroatoms. The van der Waals surface area contributed by atoms with Gasteiger partial charge in [-0.05, 0) is 73.1 Å². The van der Waals surface area contributed by atoms with E-state index >= 15 is 0 Å². The minimum Gasteiger partial charge on any atom is -0.493 e. The maximum atomic E-state index is 13.6. The van der Waals surface area contributed by atoms with Gasteiger partial charge in [-0.2, -0.15) is 0 Å². The smallest absolute Gasteiger partial charge is 0.312 e. The van der Waals surface area contributed by atoms with Crippen LogP contribution >= 0.6 is 0 Å². The highest BCUT2D eigenvalue weighted by Gasteiger charge is 2.31. The van der Waals surface area contributed by atoms with E-state index < -0.39 is 18.3 Å². The molecule has 1 atom stereocenters. The quantitative estimate of drug-likeness (QED) is 0.284. The van der Waals surface area contributed by atoms with Crippen molar-refractivity contribution in [2.45, 2.75) is 58.5 Å². The SMILES string of the molecule is Cc1cccc(OCCCC(=O)N2c3ccccc3CCC2c2cccc(CNC(=O)CC(=O)O)c2)c1C. The minimum absolute atomic E-state index is 0.0480. The third-order valence-corrected chi connectivity index (χ3v) is 7.00. The summed E-state index contributed by atoms with van der Waals surface area (Å²) in [6, 6.07) is 21.7. The lowest BCUT2D eigenvalue weighted by Gasteiger charge is -2.38. The average molecular weight is 515 g/mol. The van der Waals surface area contributed by atoms with Crippen molar-refractivity contribution in [1.29, 1.82) is 0 Å². The van der Waals surface area contributed by atoms with Gasteiger partial charge in [0.25, 0.3) is 0 Å². The molecule has 3 aromatic rings. The summed E-state index contributed by atoms with van der Waals surface area (Å²) in [6.45, 7) is 4.78. The molecule has 1 aliphatic heterocycles. The highest BCUT2D eigenvalue weighted by atomic mass is 16.5. The third kappa shape index (κ3) is 6.59. The molecule has 38 heavy (non-hydrogen) atoms. The number of carbonyl (C=O) groups excluding carboxylic acids is 2. The number of aliphatic carboxylic acids is 1. The number of para-hydroxylation sites is 1. The van der Waals surface area contributed by atoms with Crippen molar-refractivity contribution in [3.05, 3.63) is 94.5 Å². The number of anilines is 1. The number of carboxylic acid groups (broad SMARTS) is 1. The minimum atomic E-state index is -1.16. The zero-order valence-electron chi connectivity index (χ0n) is 21.9. The summed E-state index contributed by atoms with van der Waals surface area (Å²) in [5, 5.41) is 11.5. The van der Waals surface area contributed by atoms with Gasteiger partial charge < -0.3 is 20.1 Å². The molecule has 1 unspecified atom stereocenters. The Bertz CT molecular complexity index is 1320. The molecule has 1 aliphatic rings. The van der Waals surface area contributed by atoms with Crippen molar-refractivity contribution in [3.8, 4) is 5.75 Å². The van der Waals surface area contributed by atoms with Crippen LogP contribution in [0.1, 0.15) is 59.5 Å². The molecule has 0 radical (unpaired) electrons. The Balaban J connectivity index is 1.47. The Hall–Kier alpha value is -4.13. The number of nitrogens with zero attached hydrogens (tertiary/aromatic N) is 1. The van der Waals surface area contributed by atoms with E-state index in [0.717, 1.165) is 46.5 Å². The van der Waals surface area contributed by atoms with Gasteiger partial charge in [-0.25, -0.2) is 0 Å². The molecule has 7 nitrogen and oxygen atoms in total. The number of amides is 2. The maximum Gasteiger partial charge on any atom is 0.312 e. The number of fused-ring (bicyclic) bond motifs is 1. The van der Waals surface area contributed by atoms with E-state index in [4.69, 9.17) is 9.84 Å². The highest BCUT2D eigenvalue weighted by molar-refractivity contribution is 5.95. The lowest BCUT2D eigenvalue weighted by atomic mass is 9.90.